The number of benzene rings is 2. The molecule has 2 aromatic rings. The van der Waals surface area contributed by atoms with Gasteiger partial charge in [0.25, 0.3) is 5.91 Å². The van der Waals surface area contributed by atoms with Crippen LogP contribution in [0.3, 0.4) is 0 Å². The second-order valence-corrected chi connectivity index (χ2v) is 8.55. The summed E-state index contributed by atoms with van der Waals surface area (Å²) < 4.78 is 26.5. The number of hydrogen-bond donors (Lipinski definition) is 3. The van der Waals surface area contributed by atoms with E-state index >= 15 is 0 Å². The topological polar surface area (TPSA) is 104 Å². The van der Waals surface area contributed by atoms with Crippen LogP contribution >= 0.6 is 0 Å². The summed E-state index contributed by atoms with van der Waals surface area (Å²) in [7, 11) is -3.37. The Kier molecular flexibility index (Phi) is 7.31. The summed E-state index contributed by atoms with van der Waals surface area (Å²) in [4.78, 5) is 23.4. The van der Waals surface area contributed by atoms with Crippen LogP contribution in [-0.2, 0) is 27.1 Å². The quantitative estimate of drug-likeness (QED) is 0.629. The van der Waals surface area contributed by atoms with E-state index in [9.17, 15) is 18.0 Å². The molecule has 0 fully saturated rings. The molecule has 0 spiro atoms. The van der Waals surface area contributed by atoms with E-state index in [-0.39, 0.29) is 23.6 Å². The Balaban J connectivity index is 1.94. The van der Waals surface area contributed by atoms with Crippen molar-refractivity contribution in [3.63, 3.8) is 0 Å². The van der Waals surface area contributed by atoms with Crippen LogP contribution in [0.5, 0.6) is 0 Å². The molecule has 2 aromatic carbocycles. The van der Waals surface area contributed by atoms with Crippen molar-refractivity contribution in [2.45, 2.75) is 39.1 Å². The molecule has 150 valence electrons. The fourth-order valence-electron chi connectivity index (χ4n) is 2.60. The summed E-state index contributed by atoms with van der Waals surface area (Å²) in [6.45, 7) is 5.26. The lowest BCUT2D eigenvalue weighted by Gasteiger charge is -2.10. The summed E-state index contributed by atoms with van der Waals surface area (Å²) in [5.74, 6) is -0.559. The standard InChI is InChI=1S/C20H25N3O4S/c1-14(2)23-28(26,27)13-17-9-7-16(8-10-17)12-21-20(25)18-5-4-6-19(11-18)22-15(3)24/h4-11,14,23H,12-13H2,1-3H3,(H,21,25)(H,22,24). The highest BCUT2D eigenvalue weighted by Gasteiger charge is 2.13. The van der Waals surface area contributed by atoms with Crippen LogP contribution in [0.25, 0.3) is 0 Å². The van der Waals surface area contributed by atoms with E-state index in [0.29, 0.717) is 23.4 Å². The van der Waals surface area contributed by atoms with Crippen LogP contribution < -0.4 is 15.4 Å². The van der Waals surface area contributed by atoms with Crippen LogP contribution in [0.15, 0.2) is 48.5 Å². The third-order valence-corrected chi connectivity index (χ3v) is 5.24. The number of nitrogens with one attached hydrogen (secondary N) is 3. The van der Waals surface area contributed by atoms with Gasteiger partial charge in [-0.1, -0.05) is 30.3 Å². The average Bonchev–Trinajstić information content (AvgIpc) is 2.59. The molecular weight excluding hydrogens is 378 g/mol. The van der Waals surface area contributed by atoms with Gasteiger partial charge < -0.3 is 10.6 Å². The number of anilines is 1. The lowest BCUT2D eigenvalue weighted by atomic mass is 10.1. The van der Waals surface area contributed by atoms with Crippen LogP contribution in [0.2, 0.25) is 0 Å². The van der Waals surface area contributed by atoms with Gasteiger partial charge >= 0.3 is 0 Å². The monoisotopic (exact) mass is 403 g/mol. The zero-order valence-corrected chi connectivity index (χ0v) is 17.0. The Labute approximate surface area is 165 Å². The van der Waals surface area contributed by atoms with Crippen molar-refractivity contribution in [1.29, 1.82) is 0 Å². The molecule has 0 saturated carbocycles. The van der Waals surface area contributed by atoms with Gasteiger partial charge in [-0.15, -0.1) is 0 Å². The first-order valence-corrected chi connectivity index (χ1v) is 10.5. The first kappa shape index (κ1) is 21.6. The molecule has 28 heavy (non-hydrogen) atoms. The van der Waals surface area contributed by atoms with Gasteiger partial charge in [-0.3, -0.25) is 9.59 Å². The molecule has 0 heterocycles. The molecule has 0 aliphatic carbocycles. The van der Waals surface area contributed by atoms with Crippen molar-refractivity contribution in [1.82, 2.24) is 10.0 Å². The molecule has 0 radical (unpaired) electrons. The highest BCUT2D eigenvalue weighted by Crippen LogP contribution is 2.12. The molecule has 0 unspecified atom stereocenters. The molecule has 0 bridgehead atoms. The predicted octanol–water partition coefficient (Wildman–Crippen LogP) is 2.40. The highest BCUT2D eigenvalue weighted by atomic mass is 32.2. The van der Waals surface area contributed by atoms with E-state index in [0.717, 1.165) is 5.56 Å². The van der Waals surface area contributed by atoms with E-state index < -0.39 is 10.0 Å². The van der Waals surface area contributed by atoms with Gasteiger partial charge in [0.05, 0.1) is 5.75 Å². The molecule has 2 rings (SSSR count). The van der Waals surface area contributed by atoms with Crippen molar-refractivity contribution >= 4 is 27.5 Å². The van der Waals surface area contributed by atoms with Gasteiger partial charge in [0, 0.05) is 30.8 Å². The van der Waals surface area contributed by atoms with Crippen molar-refractivity contribution in [2.24, 2.45) is 0 Å². The van der Waals surface area contributed by atoms with Gasteiger partial charge in [-0.2, -0.15) is 0 Å². The largest absolute Gasteiger partial charge is 0.348 e. The second kappa shape index (κ2) is 9.48. The van der Waals surface area contributed by atoms with Crippen LogP contribution in [-0.4, -0.2) is 26.3 Å². The first-order valence-electron chi connectivity index (χ1n) is 8.88. The Morgan fingerprint density at radius 2 is 1.64 bits per heavy atom. The summed E-state index contributed by atoms with van der Waals surface area (Å²) in [5, 5.41) is 5.44. The van der Waals surface area contributed by atoms with Crippen molar-refractivity contribution in [2.75, 3.05) is 5.32 Å². The second-order valence-electron chi connectivity index (χ2n) is 6.79. The molecule has 0 aromatic heterocycles. The Bertz CT molecular complexity index is 938. The van der Waals surface area contributed by atoms with Gasteiger partial charge in [-0.05, 0) is 43.2 Å². The summed E-state index contributed by atoms with van der Waals surface area (Å²) in [6, 6.07) is 13.6. The summed E-state index contributed by atoms with van der Waals surface area (Å²) in [5.41, 5.74) is 2.52. The van der Waals surface area contributed by atoms with Gasteiger partial charge in [0.1, 0.15) is 0 Å². The Hall–Kier alpha value is -2.71. The van der Waals surface area contributed by atoms with Gasteiger partial charge in [0.15, 0.2) is 0 Å². The third-order valence-electron chi connectivity index (χ3n) is 3.69. The fourth-order valence-corrected chi connectivity index (χ4v) is 4.03. The summed E-state index contributed by atoms with van der Waals surface area (Å²) in [6.07, 6.45) is 0. The highest BCUT2D eigenvalue weighted by molar-refractivity contribution is 7.88. The van der Waals surface area contributed by atoms with E-state index in [1.807, 2.05) is 0 Å². The molecule has 0 atom stereocenters. The first-order chi connectivity index (χ1) is 13.1. The smallest absolute Gasteiger partial charge is 0.251 e. The Morgan fingerprint density at radius 3 is 2.25 bits per heavy atom. The number of rotatable bonds is 8. The molecule has 7 nitrogen and oxygen atoms in total. The maximum atomic E-state index is 12.3. The normalized spacial score (nSPS) is 11.3. The molecule has 0 aliphatic heterocycles. The number of sulfonamides is 1. The van der Waals surface area contributed by atoms with E-state index in [1.54, 1.807) is 62.4 Å². The van der Waals surface area contributed by atoms with Crippen molar-refractivity contribution in [3.8, 4) is 0 Å². The number of carbonyl (C=O) groups is 2. The Morgan fingerprint density at radius 1 is 1.00 bits per heavy atom. The maximum absolute atomic E-state index is 12.3. The molecule has 0 saturated heterocycles. The van der Waals surface area contributed by atoms with Gasteiger partial charge in [0.2, 0.25) is 15.9 Å². The van der Waals surface area contributed by atoms with E-state index in [4.69, 9.17) is 0 Å². The lowest BCUT2D eigenvalue weighted by molar-refractivity contribution is -0.114. The van der Waals surface area contributed by atoms with E-state index in [1.165, 1.54) is 6.92 Å². The minimum Gasteiger partial charge on any atom is -0.348 e. The van der Waals surface area contributed by atoms with Crippen LogP contribution in [0.4, 0.5) is 5.69 Å². The molecule has 2 amide bonds. The zero-order chi connectivity index (χ0) is 20.7. The number of hydrogen-bond acceptors (Lipinski definition) is 4. The maximum Gasteiger partial charge on any atom is 0.251 e. The zero-order valence-electron chi connectivity index (χ0n) is 16.2. The fraction of sp³-hybridized carbons (Fsp3) is 0.300. The van der Waals surface area contributed by atoms with Crippen molar-refractivity contribution < 1.29 is 18.0 Å². The van der Waals surface area contributed by atoms with Crippen molar-refractivity contribution in [3.05, 3.63) is 65.2 Å². The third kappa shape index (κ3) is 7.13. The SMILES string of the molecule is CC(=O)Nc1cccc(C(=O)NCc2ccc(CS(=O)(=O)NC(C)C)cc2)c1. The van der Waals surface area contributed by atoms with Crippen LogP contribution in [0.1, 0.15) is 42.3 Å². The number of amides is 2. The van der Waals surface area contributed by atoms with E-state index in [2.05, 4.69) is 15.4 Å². The predicted molar refractivity (Wildman–Crippen MR) is 109 cm³/mol. The molecule has 0 aliphatic rings. The number of carbonyl (C=O) groups excluding carboxylic acids is 2. The lowest BCUT2D eigenvalue weighted by Crippen LogP contribution is -2.31. The average molecular weight is 404 g/mol. The van der Waals surface area contributed by atoms with Crippen LogP contribution in [0, 0.1) is 0 Å². The minimum atomic E-state index is -3.37. The summed E-state index contributed by atoms with van der Waals surface area (Å²) >= 11 is 0. The molecule has 8 heteroatoms. The molecule has 3 N–H and O–H groups in total. The molecular formula is C20H25N3O4S. The minimum absolute atomic E-state index is 0.0895. The van der Waals surface area contributed by atoms with Gasteiger partial charge in [-0.25, -0.2) is 13.1 Å².